The molecule has 2 aromatic rings. The highest BCUT2D eigenvalue weighted by Gasteiger charge is 2.47. The molecule has 0 amide bonds. The third-order valence-electron chi connectivity index (χ3n) is 7.68. The molecule has 3 atom stereocenters. The van der Waals surface area contributed by atoms with Gasteiger partial charge in [-0.05, 0) is 49.5 Å². The van der Waals surface area contributed by atoms with Gasteiger partial charge in [-0.1, -0.05) is 35.7 Å². The molecule has 5 rings (SSSR count). The van der Waals surface area contributed by atoms with Crippen molar-refractivity contribution < 1.29 is 17.9 Å². The van der Waals surface area contributed by atoms with Gasteiger partial charge in [-0.15, -0.1) is 10.2 Å². The molecular weight excluding hydrogens is 439 g/mol. The second-order valence-electron chi connectivity index (χ2n) is 9.87. The van der Waals surface area contributed by atoms with E-state index >= 15 is 0 Å². The molecule has 0 bridgehead atoms. The Morgan fingerprint density at radius 3 is 2.24 bits per heavy atom. The first kappa shape index (κ1) is 23.7. The fourth-order valence-electron chi connectivity index (χ4n) is 5.81. The van der Waals surface area contributed by atoms with Crippen molar-refractivity contribution in [1.29, 1.82) is 0 Å². The van der Waals surface area contributed by atoms with Crippen LogP contribution in [0.2, 0.25) is 0 Å². The van der Waals surface area contributed by atoms with E-state index in [1.807, 2.05) is 0 Å². The van der Waals surface area contributed by atoms with Crippen LogP contribution in [0.4, 0.5) is 19.0 Å². The molecule has 1 unspecified atom stereocenters. The van der Waals surface area contributed by atoms with E-state index in [1.54, 1.807) is 30.3 Å². The van der Waals surface area contributed by atoms with E-state index in [0.29, 0.717) is 30.6 Å². The molecule has 4 radical (unpaired) electrons. The predicted octanol–water partition coefficient (Wildman–Crippen LogP) is 3.70. The van der Waals surface area contributed by atoms with Crippen molar-refractivity contribution in [3.63, 3.8) is 0 Å². The van der Waals surface area contributed by atoms with Crippen molar-refractivity contribution in [3.05, 3.63) is 42.0 Å². The number of halogens is 3. The summed E-state index contributed by atoms with van der Waals surface area (Å²) in [4.78, 5) is 2.17. The van der Waals surface area contributed by atoms with E-state index in [-0.39, 0.29) is 23.5 Å². The lowest BCUT2D eigenvalue weighted by atomic mass is 9.52. The third kappa shape index (κ3) is 4.71. The van der Waals surface area contributed by atoms with E-state index in [4.69, 9.17) is 20.4 Å². The van der Waals surface area contributed by atoms with Gasteiger partial charge in [0.2, 0.25) is 0 Å². The summed E-state index contributed by atoms with van der Waals surface area (Å²) in [6, 6.07) is 9.74. The number of rotatable bonds is 5. The molecule has 2 saturated heterocycles. The number of hydrogen-bond donors (Lipinski definition) is 1. The predicted molar refractivity (Wildman–Crippen MR) is 125 cm³/mol. The number of ether oxygens (including phenoxy) is 1. The van der Waals surface area contributed by atoms with E-state index in [1.165, 1.54) is 0 Å². The van der Waals surface area contributed by atoms with Crippen LogP contribution in [-0.4, -0.2) is 68.5 Å². The number of fused-ring (bicyclic) bond motifs is 1. The summed E-state index contributed by atoms with van der Waals surface area (Å²) in [6.45, 7) is 2.88. The molecule has 1 N–H and O–H groups in total. The zero-order valence-electron chi connectivity index (χ0n) is 19.0. The largest absolute Gasteiger partial charge is 0.420 e. The number of hydrogen-bond acceptors (Lipinski definition) is 5. The number of alkyl halides is 3. The molecule has 10 heteroatoms. The topological polar surface area (TPSA) is 50.3 Å². The molecule has 3 fully saturated rings. The molecule has 5 nitrogen and oxygen atoms in total. The molecule has 0 spiro atoms. The van der Waals surface area contributed by atoms with Gasteiger partial charge in [-0.25, -0.2) is 0 Å². The van der Waals surface area contributed by atoms with Crippen LogP contribution in [0.15, 0.2) is 36.4 Å². The number of nitrogens with one attached hydrogen (secondary N) is 1. The highest BCUT2D eigenvalue weighted by Crippen LogP contribution is 2.44. The van der Waals surface area contributed by atoms with Gasteiger partial charge in [0.05, 0.1) is 21.4 Å². The van der Waals surface area contributed by atoms with Crippen LogP contribution in [0.25, 0.3) is 11.3 Å². The van der Waals surface area contributed by atoms with Crippen molar-refractivity contribution in [2.75, 3.05) is 31.6 Å². The fourth-order valence-corrected chi connectivity index (χ4v) is 5.81. The number of nitrogens with zero attached hydrogens (tertiary/aromatic N) is 3. The molecule has 3 heterocycles. The lowest BCUT2D eigenvalue weighted by molar-refractivity contribution is -0.137. The van der Waals surface area contributed by atoms with Crippen LogP contribution in [0.1, 0.15) is 31.2 Å². The first-order valence-electron chi connectivity index (χ1n) is 11.9. The SMILES string of the molecule is [B]C([B])(C1CCOCC1)N1C[C@H]2CC(Nc3nnc(-c4ccccc4)cc3C(F)(F)F)C[C@H]2C1. The van der Waals surface area contributed by atoms with Crippen LogP contribution in [0, 0.1) is 17.8 Å². The second-order valence-corrected chi connectivity index (χ2v) is 9.87. The minimum Gasteiger partial charge on any atom is -0.381 e. The third-order valence-corrected chi connectivity index (χ3v) is 7.68. The average Bonchev–Trinajstić information content (AvgIpc) is 3.39. The smallest absolute Gasteiger partial charge is 0.381 e. The molecule has 3 aliphatic rings. The molecule has 1 aliphatic carbocycles. The van der Waals surface area contributed by atoms with E-state index in [0.717, 1.165) is 44.8 Å². The van der Waals surface area contributed by atoms with E-state index in [2.05, 4.69) is 20.4 Å². The summed E-state index contributed by atoms with van der Waals surface area (Å²) in [5.41, 5.74) is 0.00867. The van der Waals surface area contributed by atoms with Crippen LogP contribution < -0.4 is 5.32 Å². The molecule has 2 aliphatic heterocycles. The van der Waals surface area contributed by atoms with Crippen molar-refractivity contribution in [2.24, 2.45) is 17.8 Å². The number of benzene rings is 1. The maximum atomic E-state index is 13.9. The van der Waals surface area contributed by atoms with Crippen LogP contribution in [0.3, 0.4) is 0 Å². The van der Waals surface area contributed by atoms with E-state index < -0.39 is 17.1 Å². The lowest BCUT2D eigenvalue weighted by Gasteiger charge is -2.45. The van der Waals surface area contributed by atoms with Crippen molar-refractivity contribution in [3.8, 4) is 11.3 Å². The van der Waals surface area contributed by atoms with Crippen LogP contribution in [-0.2, 0) is 10.9 Å². The molecule has 176 valence electrons. The second kappa shape index (κ2) is 9.19. The minimum absolute atomic E-state index is 0.0943. The molecule has 1 aromatic heterocycles. The van der Waals surface area contributed by atoms with Gasteiger partial charge in [0.25, 0.3) is 0 Å². The summed E-state index contributed by atoms with van der Waals surface area (Å²) in [5, 5.41) is 10.2. The van der Waals surface area contributed by atoms with Gasteiger partial charge >= 0.3 is 6.18 Å². The zero-order chi connectivity index (χ0) is 23.9. The van der Waals surface area contributed by atoms with Crippen LogP contribution >= 0.6 is 0 Å². The first-order valence-corrected chi connectivity index (χ1v) is 11.9. The summed E-state index contributed by atoms with van der Waals surface area (Å²) >= 11 is 0. The molecule has 1 saturated carbocycles. The van der Waals surface area contributed by atoms with Gasteiger partial charge < -0.3 is 15.0 Å². The Balaban J connectivity index is 1.26. The number of likely N-dealkylation sites (tertiary alicyclic amines) is 1. The van der Waals surface area contributed by atoms with Gasteiger partial charge in [-0.2, -0.15) is 13.2 Å². The lowest BCUT2D eigenvalue weighted by Crippen LogP contribution is -2.56. The molecular formula is C24H27B2F3N4O. The zero-order valence-corrected chi connectivity index (χ0v) is 19.0. The highest BCUT2D eigenvalue weighted by atomic mass is 19.4. The Bertz CT molecular complexity index is 987. The Morgan fingerprint density at radius 2 is 1.62 bits per heavy atom. The Kier molecular flexibility index (Phi) is 6.40. The quantitative estimate of drug-likeness (QED) is 0.682. The Hall–Kier alpha value is -2.06. The monoisotopic (exact) mass is 466 g/mol. The minimum atomic E-state index is -4.53. The van der Waals surface area contributed by atoms with E-state index in [9.17, 15) is 13.2 Å². The normalized spacial score (nSPS) is 26.5. The van der Waals surface area contributed by atoms with Gasteiger partial charge in [0, 0.05) is 37.9 Å². The van der Waals surface area contributed by atoms with Crippen molar-refractivity contribution in [2.45, 2.75) is 43.2 Å². The highest BCUT2D eigenvalue weighted by molar-refractivity contribution is 6.40. The maximum absolute atomic E-state index is 13.9. The summed E-state index contributed by atoms with van der Waals surface area (Å²) in [7, 11) is 13.2. The average molecular weight is 466 g/mol. The number of anilines is 1. The maximum Gasteiger partial charge on any atom is 0.420 e. The summed E-state index contributed by atoms with van der Waals surface area (Å²) < 4.78 is 47.0. The first-order chi connectivity index (χ1) is 16.2. The van der Waals surface area contributed by atoms with Crippen LogP contribution in [0.5, 0.6) is 0 Å². The standard InChI is InChI=1S/C24H27B2F3N4O/c25-23(26,18-6-8-34-9-7-18)33-13-16-10-19(11-17(16)14-33)30-22-20(24(27,28)29)12-21(31-32-22)15-4-2-1-3-5-15/h1-5,12,16-19H,6-11,13-14H2,(H,30,32)/t16-,17+,19?. The summed E-state index contributed by atoms with van der Waals surface area (Å²) in [5.74, 6) is 0.661. The molecule has 1 aromatic carbocycles. The number of aromatic nitrogens is 2. The van der Waals surface area contributed by atoms with Crippen molar-refractivity contribution in [1.82, 2.24) is 15.1 Å². The van der Waals surface area contributed by atoms with Gasteiger partial charge in [0.15, 0.2) is 5.82 Å². The van der Waals surface area contributed by atoms with Gasteiger partial charge in [-0.3, -0.25) is 0 Å². The summed E-state index contributed by atoms with van der Waals surface area (Å²) in [6.07, 6.45) is -1.33. The molecule has 34 heavy (non-hydrogen) atoms. The fraction of sp³-hybridized carbons (Fsp3) is 0.583. The van der Waals surface area contributed by atoms with Crippen molar-refractivity contribution >= 4 is 21.5 Å². The Morgan fingerprint density at radius 1 is 0.971 bits per heavy atom. The van der Waals surface area contributed by atoms with Gasteiger partial charge in [0.1, 0.15) is 5.56 Å². The Labute approximate surface area is 200 Å².